The summed E-state index contributed by atoms with van der Waals surface area (Å²) in [6, 6.07) is 56.4. The molecule has 0 saturated heterocycles. The highest BCUT2D eigenvalue weighted by atomic mass is 15.3. The molecule has 2 heterocycles. The van der Waals surface area contributed by atoms with E-state index in [4.69, 9.17) is 20.4 Å². The van der Waals surface area contributed by atoms with Crippen molar-refractivity contribution in [2.75, 3.05) is 0 Å². The van der Waals surface area contributed by atoms with Crippen molar-refractivity contribution < 1.29 is 0 Å². The molecule has 0 fully saturated rings. The van der Waals surface area contributed by atoms with E-state index in [1.807, 2.05) is 48.5 Å². The average Bonchev–Trinajstić information content (AvgIpc) is 3.82. The van der Waals surface area contributed by atoms with Crippen LogP contribution in [0, 0.1) is 0 Å². The molecule has 0 aliphatic rings. The second-order valence-electron chi connectivity index (χ2n) is 13.4. The van der Waals surface area contributed by atoms with E-state index in [0.29, 0.717) is 0 Å². The number of aromatic nitrogens is 6. The van der Waals surface area contributed by atoms with Crippen molar-refractivity contribution in [2.24, 2.45) is 0 Å². The largest absolute Gasteiger partial charge is 0.275 e. The summed E-state index contributed by atoms with van der Waals surface area (Å²) >= 11 is 0. The van der Waals surface area contributed by atoms with Crippen LogP contribution in [0.2, 0.25) is 0 Å². The Morgan fingerprint density at radius 3 is 1.12 bits per heavy atom. The zero-order valence-corrected chi connectivity index (χ0v) is 28.3. The highest BCUT2D eigenvalue weighted by molar-refractivity contribution is 5.74. The van der Waals surface area contributed by atoms with Crippen molar-refractivity contribution in [3.63, 3.8) is 0 Å². The van der Waals surface area contributed by atoms with E-state index in [0.717, 1.165) is 62.5 Å². The number of hydrogen-bond donors (Lipinski definition) is 0. The monoisotopic (exact) mass is 648 g/mol. The van der Waals surface area contributed by atoms with Gasteiger partial charge < -0.3 is 0 Å². The third-order valence-corrected chi connectivity index (χ3v) is 8.99. The maximum Gasteiger partial charge on any atom is 0.168 e. The maximum atomic E-state index is 4.79. The molecule has 0 unspecified atom stereocenters. The highest BCUT2D eigenvalue weighted by Gasteiger charge is 2.22. The van der Waals surface area contributed by atoms with Crippen LogP contribution >= 0.6 is 0 Å². The van der Waals surface area contributed by atoms with Crippen LogP contribution in [0.3, 0.4) is 0 Å². The maximum absolute atomic E-state index is 4.79. The van der Waals surface area contributed by atoms with Gasteiger partial charge in [-0.15, -0.1) is 20.4 Å². The second kappa shape index (κ2) is 12.9. The summed E-state index contributed by atoms with van der Waals surface area (Å²) in [4.78, 5) is 0. The Labute approximate surface area is 292 Å². The summed E-state index contributed by atoms with van der Waals surface area (Å²) in [5.41, 5.74) is 9.46. The third-order valence-electron chi connectivity index (χ3n) is 8.99. The molecule has 0 bridgehead atoms. The van der Waals surface area contributed by atoms with Crippen LogP contribution in [0.15, 0.2) is 164 Å². The summed E-state index contributed by atoms with van der Waals surface area (Å²) in [6.45, 7) is 6.67. The molecule has 0 atom stereocenters. The standard InChI is InChI=1S/C44H36N6/c1-44(2,3)37-28-26-34(27-29-37)41-46-48-43(50(41)39-20-11-6-12-21-39)36-17-13-16-35(30-36)42-47-45-40(49(42)38-18-9-5-10-19-38)33-24-22-32(23-25-33)31-14-7-4-8-15-31/h4-30H,1-3H3. The van der Waals surface area contributed by atoms with E-state index < -0.39 is 0 Å². The van der Waals surface area contributed by atoms with Crippen molar-refractivity contribution in [3.05, 3.63) is 169 Å². The van der Waals surface area contributed by atoms with Gasteiger partial charge in [0.15, 0.2) is 23.3 Å². The molecular weight excluding hydrogens is 613 g/mol. The van der Waals surface area contributed by atoms with Gasteiger partial charge in [-0.25, -0.2) is 0 Å². The zero-order valence-electron chi connectivity index (χ0n) is 28.3. The Bertz CT molecular complexity index is 2370. The molecule has 0 N–H and O–H groups in total. The van der Waals surface area contributed by atoms with Crippen molar-refractivity contribution in [3.8, 4) is 68.1 Å². The van der Waals surface area contributed by atoms with Gasteiger partial charge in [0.2, 0.25) is 0 Å². The van der Waals surface area contributed by atoms with Gasteiger partial charge in [-0.05, 0) is 52.4 Å². The summed E-state index contributed by atoms with van der Waals surface area (Å²) in [5, 5.41) is 19.1. The lowest BCUT2D eigenvalue weighted by Crippen LogP contribution is -2.10. The Balaban J connectivity index is 1.23. The molecule has 6 nitrogen and oxygen atoms in total. The smallest absolute Gasteiger partial charge is 0.168 e. The third kappa shape index (κ3) is 5.92. The molecule has 6 heteroatoms. The lowest BCUT2D eigenvalue weighted by Gasteiger charge is -2.19. The number of nitrogens with zero attached hydrogens (tertiary/aromatic N) is 6. The molecule has 2 aromatic heterocycles. The Hall–Kier alpha value is -6.40. The molecule has 0 amide bonds. The fourth-order valence-corrected chi connectivity index (χ4v) is 6.32. The minimum Gasteiger partial charge on any atom is -0.275 e. The van der Waals surface area contributed by atoms with Crippen LogP contribution in [0.4, 0.5) is 0 Å². The molecule has 8 aromatic rings. The van der Waals surface area contributed by atoms with E-state index in [9.17, 15) is 0 Å². The van der Waals surface area contributed by atoms with E-state index in [2.05, 4.69) is 145 Å². The Morgan fingerprint density at radius 1 is 0.340 bits per heavy atom. The minimum absolute atomic E-state index is 0.0585. The lowest BCUT2D eigenvalue weighted by atomic mass is 9.86. The summed E-state index contributed by atoms with van der Waals surface area (Å²) in [7, 11) is 0. The van der Waals surface area contributed by atoms with Gasteiger partial charge in [-0.3, -0.25) is 9.13 Å². The molecule has 0 aliphatic carbocycles. The number of hydrogen-bond acceptors (Lipinski definition) is 4. The van der Waals surface area contributed by atoms with Gasteiger partial charge in [0.05, 0.1) is 0 Å². The highest BCUT2D eigenvalue weighted by Crippen LogP contribution is 2.34. The molecular formula is C44H36N6. The molecule has 0 spiro atoms. The summed E-state index contributed by atoms with van der Waals surface area (Å²) in [6.07, 6.45) is 0. The second-order valence-corrected chi connectivity index (χ2v) is 13.4. The summed E-state index contributed by atoms with van der Waals surface area (Å²) in [5.74, 6) is 3.04. The van der Waals surface area contributed by atoms with Gasteiger partial charge in [0.25, 0.3) is 0 Å². The van der Waals surface area contributed by atoms with Crippen molar-refractivity contribution >= 4 is 0 Å². The first-order chi connectivity index (χ1) is 24.4. The predicted octanol–water partition coefficient (Wildman–Crippen LogP) is 10.5. The predicted molar refractivity (Wildman–Crippen MR) is 202 cm³/mol. The molecule has 242 valence electrons. The van der Waals surface area contributed by atoms with E-state index >= 15 is 0 Å². The van der Waals surface area contributed by atoms with Crippen LogP contribution in [-0.4, -0.2) is 29.5 Å². The minimum atomic E-state index is 0.0585. The van der Waals surface area contributed by atoms with Crippen molar-refractivity contribution in [1.29, 1.82) is 0 Å². The van der Waals surface area contributed by atoms with Crippen molar-refractivity contribution in [1.82, 2.24) is 29.5 Å². The number of rotatable bonds is 7. The van der Waals surface area contributed by atoms with Gasteiger partial charge in [0, 0.05) is 33.6 Å². The molecule has 0 aliphatic heterocycles. The van der Waals surface area contributed by atoms with E-state index in [-0.39, 0.29) is 5.41 Å². The van der Waals surface area contributed by atoms with E-state index in [1.165, 1.54) is 11.1 Å². The van der Waals surface area contributed by atoms with Gasteiger partial charge in [0.1, 0.15) is 0 Å². The Morgan fingerprint density at radius 2 is 0.680 bits per heavy atom. The lowest BCUT2D eigenvalue weighted by molar-refractivity contribution is 0.590. The van der Waals surface area contributed by atoms with Gasteiger partial charge in [-0.2, -0.15) is 0 Å². The quantitative estimate of drug-likeness (QED) is 0.173. The van der Waals surface area contributed by atoms with Gasteiger partial charge in [-0.1, -0.05) is 154 Å². The molecule has 0 radical (unpaired) electrons. The molecule has 50 heavy (non-hydrogen) atoms. The first kappa shape index (κ1) is 30.9. The summed E-state index contributed by atoms with van der Waals surface area (Å²) < 4.78 is 4.26. The fraction of sp³-hybridized carbons (Fsp3) is 0.0909. The number of para-hydroxylation sites is 2. The first-order valence-electron chi connectivity index (χ1n) is 16.8. The molecule has 0 saturated carbocycles. The van der Waals surface area contributed by atoms with E-state index in [1.54, 1.807) is 0 Å². The van der Waals surface area contributed by atoms with Crippen molar-refractivity contribution in [2.45, 2.75) is 26.2 Å². The van der Waals surface area contributed by atoms with Crippen LogP contribution in [-0.2, 0) is 5.41 Å². The van der Waals surface area contributed by atoms with Crippen LogP contribution in [0.25, 0.3) is 68.1 Å². The van der Waals surface area contributed by atoms with Crippen LogP contribution < -0.4 is 0 Å². The van der Waals surface area contributed by atoms with Crippen LogP contribution in [0.5, 0.6) is 0 Å². The average molecular weight is 649 g/mol. The first-order valence-corrected chi connectivity index (χ1v) is 16.8. The topological polar surface area (TPSA) is 61.4 Å². The fourth-order valence-electron chi connectivity index (χ4n) is 6.32. The molecule has 6 aromatic carbocycles. The molecule has 8 rings (SSSR count). The normalized spacial score (nSPS) is 11.5. The number of benzene rings is 6. The van der Waals surface area contributed by atoms with Gasteiger partial charge >= 0.3 is 0 Å². The van der Waals surface area contributed by atoms with Crippen LogP contribution in [0.1, 0.15) is 26.3 Å². The SMILES string of the molecule is CC(C)(C)c1ccc(-c2nnc(-c3cccc(-c4nnc(-c5ccc(-c6ccccc6)cc5)n4-c4ccccc4)c3)n2-c2ccccc2)cc1. The zero-order chi connectivity index (χ0) is 34.1. The Kier molecular flexibility index (Phi) is 7.97.